The summed E-state index contributed by atoms with van der Waals surface area (Å²) < 4.78 is 16.4. The number of fused-ring (bicyclic) bond motifs is 3. The van der Waals surface area contributed by atoms with Crippen LogP contribution in [0, 0.1) is 0 Å². The molecule has 4 aromatic rings. The summed E-state index contributed by atoms with van der Waals surface area (Å²) in [6, 6.07) is 11.3. The fourth-order valence-electron chi connectivity index (χ4n) is 3.14. The van der Waals surface area contributed by atoms with Gasteiger partial charge < -0.3 is 23.8 Å². The van der Waals surface area contributed by atoms with Crippen LogP contribution in [0.3, 0.4) is 0 Å². The maximum absolute atomic E-state index is 12.5. The van der Waals surface area contributed by atoms with Gasteiger partial charge in [-0.25, -0.2) is 4.79 Å². The van der Waals surface area contributed by atoms with E-state index in [1.807, 2.05) is 0 Å². The molecular weight excluding hydrogens is 352 g/mol. The average molecular weight is 366 g/mol. The number of carboxylic acids is 1. The molecule has 0 spiro atoms. The highest BCUT2D eigenvalue weighted by atomic mass is 16.5. The molecule has 0 aliphatic rings. The van der Waals surface area contributed by atoms with Gasteiger partial charge in [-0.15, -0.1) is 0 Å². The van der Waals surface area contributed by atoms with Gasteiger partial charge in [0.15, 0.2) is 17.1 Å². The molecule has 2 heterocycles. The topological polar surface area (TPSA) is 110 Å². The van der Waals surface area contributed by atoms with E-state index in [-0.39, 0.29) is 33.8 Å². The summed E-state index contributed by atoms with van der Waals surface area (Å²) in [6.07, 6.45) is -0.422. The molecule has 7 nitrogen and oxygen atoms in total. The van der Waals surface area contributed by atoms with Crippen molar-refractivity contribution >= 4 is 27.9 Å². The van der Waals surface area contributed by atoms with E-state index in [9.17, 15) is 19.8 Å². The van der Waals surface area contributed by atoms with Gasteiger partial charge in [0.05, 0.1) is 18.9 Å². The molecule has 0 radical (unpaired) electrons. The first-order valence-electron chi connectivity index (χ1n) is 8.06. The molecule has 0 aliphatic carbocycles. The molecule has 7 heteroatoms. The van der Waals surface area contributed by atoms with E-state index < -0.39 is 18.0 Å². The summed E-state index contributed by atoms with van der Waals surface area (Å²) in [5, 5.41) is 19.8. The molecular formula is C20H14O7. The second-order valence-corrected chi connectivity index (χ2v) is 5.96. The normalized spacial score (nSPS) is 11.1. The zero-order valence-corrected chi connectivity index (χ0v) is 14.2. The van der Waals surface area contributed by atoms with Crippen molar-refractivity contribution in [3.05, 3.63) is 58.4 Å². The van der Waals surface area contributed by atoms with E-state index in [4.69, 9.17) is 13.6 Å². The van der Waals surface area contributed by atoms with Gasteiger partial charge in [0.1, 0.15) is 16.7 Å². The van der Waals surface area contributed by atoms with Crippen molar-refractivity contribution < 1.29 is 28.6 Å². The average Bonchev–Trinajstić information content (AvgIpc) is 3.02. The zero-order valence-electron chi connectivity index (χ0n) is 14.2. The number of aromatic hydroxyl groups is 1. The molecule has 0 bridgehead atoms. The van der Waals surface area contributed by atoms with E-state index in [0.717, 1.165) is 0 Å². The Labute approximate surface area is 152 Å². The summed E-state index contributed by atoms with van der Waals surface area (Å²) in [7, 11) is 1.40. The Morgan fingerprint density at radius 2 is 1.93 bits per heavy atom. The highest BCUT2D eigenvalue weighted by Crippen LogP contribution is 2.38. The number of aliphatic carboxylic acids is 1. The quantitative estimate of drug-likeness (QED) is 0.531. The molecule has 0 saturated carbocycles. The van der Waals surface area contributed by atoms with Crippen molar-refractivity contribution in [1.29, 1.82) is 0 Å². The summed E-state index contributed by atoms with van der Waals surface area (Å²) in [6.45, 7) is 0. The highest BCUT2D eigenvalue weighted by molar-refractivity contribution is 6.04. The van der Waals surface area contributed by atoms with Crippen LogP contribution in [0.2, 0.25) is 0 Å². The number of hydrogen-bond acceptors (Lipinski definition) is 6. The van der Waals surface area contributed by atoms with Crippen molar-refractivity contribution in [3.8, 4) is 22.8 Å². The maximum Gasteiger partial charge on any atom is 0.347 e. The number of ether oxygens (including phenoxy) is 1. The Kier molecular flexibility index (Phi) is 3.84. The maximum atomic E-state index is 12.5. The number of carbonyl (C=O) groups is 1. The van der Waals surface area contributed by atoms with Crippen LogP contribution >= 0.6 is 0 Å². The number of benzene rings is 2. The first kappa shape index (κ1) is 16.7. The standard InChI is InChI=1S/C20H14O7/c1-25-15-8-10(6-7-13(15)21)18-12(9-16(22)23)17-19(27-18)11-4-2-3-5-14(11)26-20(17)24/h2-8,21H,9H2,1H3,(H,22,23). The fraction of sp³-hybridized carbons (Fsp3) is 0.100. The number of rotatable bonds is 4. The Morgan fingerprint density at radius 3 is 2.67 bits per heavy atom. The van der Waals surface area contributed by atoms with E-state index in [1.165, 1.54) is 19.2 Å². The number of hydrogen-bond donors (Lipinski definition) is 2. The Morgan fingerprint density at radius 1 is 1.15 bits per heavy atom. The summed E-state index contributed by atoms with van der Waals surface area (Å²) in [4.78, 5) is 23.9. The van der Waals surface area contributed by atoms with Crippen molar-refractivity contribution in [3.63, 3.8) is 0 Å². The highest BCUT2D eigenvalue weighted by Gasteiger charge is 2.24. The van der Waals surface area contributed by atoms with Gasteiger partial charge in [-0.1, -0.05) is 12.1 Å². The predicted octanol–water partition coefficient (Wildman–Crippen LogP) is 3.55. The summed E-state index contributed by atoms with van der Waals surface area (Å²) in [5.41, 5.74) is 0.631. The third kappa shape index (κ3) is 2.69. The lowest BCUT2D eigenvalue weighted by Gasteiger charge is -2.06. The molecule has 0 fully saturated rings. The molecule has 0 atom stereocenters. The Hall–Kier alpha value is -3.74. The number of phenols is 1. The van der Waals surface area contributed by atoms with Crippen molar-refractivity contribution in [1.82, 2.24) is 0 Å². The predicted molar refractivity (Wildman–Crippen MR) is 97.2 cm³/mol. The molecule has 2 aromatic carbocycles. The van der Waals surface area contributed by atoms with Crippen LogP contribution in [0.4, 0.5) is 0 Å². The second kappa shape index (κ2) is 6.21. The van der Waals surface area contributed by atoms with Gasteiger partial charge in [0.25, 0.3) is 0 Å². The fourth-order valence-corrected chi connectivity index (χ4v) is 3.14. The van der Waals surface area contributed by atoms with Gasteiger partial charge >= 0.3 is 11.6 Å². The van der Waals surface area contributed by atoms with Crippen molar-refractivity contribution in [2.24, 2.45) is 0 Å². The molecule has 0 amide bonds. The monoisotopic (exact) mass is 366 g/mol. The van der Waals surface area contributed by atoms with Gasteiger partial charge in [0.2, 0.25) is 0 Å². The molecule has 0 aliphatic heterocycles. The Bertz CT molecular complexity index is 1250. The van der Waals surface area contributed by atoms with Gasteiger partial charge in [0, 0.05) is 11.1 Å². The van der Waals surface area contributed by atoms with E-state index in [1.54, 1.807) is 30.3 Å². The number of para-hydroxylation sites is 1. The largest absolute Gasteiger partial charge is 0.504 e. The minimum atomic E-state index is -1.11. The van der Waals surface area contributed by atoms with Crippen molar-refractivity contribution in [2.45, 2.75) is 6.42 Å². The molecule has 0 saturated heterocycles. The van der Waals surface area contributed by atoms with Crippen LogP contribution in [-0.2, 0) is 11.2 Å². The van der Waals surface area contributed by atoms with Gasteiger partial charge in [-0.05, 0) is 30.3 Å². The van der Waals surface area contributed by atoms with Gasteiger partial charge in [-0.3, -0.25) is 4.79 Å². The van der Waals surface area contributed by atoms with Crippen LogP contribution in [0.5, 0.6) is 11.5 Å². The van der Waals surface area contributed by atoms with E-state index in [2.05, 4.69) is 0 Å². The van der Waals surface area contributed by atoms with Crippen molar-refractivity contribution in [2.75, 3.05) is 7.11 Å². The van der Waals surface area contributed by atoms with Crippen LogP contribution in [-0.4, -0.2) is 23.3 Å². The first-order valence-corrected chi connectivity index (χ1v) is 8.06. The molecule has 0 unspecified atom stereocenters. The lowest BCUT2D eigenvalue weighted by atomic mass is 10.0. The number of carboxylic acid groups (broad SMARTS) is 1. The minimum Gasteiger partial charge on any atom is -0.504 e. The molecule has 27 heavy (non-hydrogen) atoms. The van der Waals surface area contributed by atoms with Crippen LogP contribution in [0.15, 0.2) is 56.1 Å². The number of methoxy groups -OCH3 is 1. The summed E-state index contributed by atoms with van der Waals surface area (Å²) in [5.74, 6) is -0.764. The van der Waals surface area contributed by atoms with Crippen LogP contribution in [0.25, 0.3) is 33.3 Å². The van der Waals surface area contributed by atoms with E-state index >= 15 is 0 Å². The Balaban J connectivity index is 2.11. The zero-order chi connectivity index (χ0) is 19.1. The van der Waals surface area contributed by atoms with E-state index in [0.29, 0.717) is 16.5 Å². The number of furan rings is 1. The number of phenolic OH excluding ortho intramolecular Hbond substituents is 1. The molecule has 2 aromatic heterocycles. The molecule has 136 valence electrons. The smallest absolute Gasteiger partial charge is 0.347 e. The third-order valence-corrected chi connectivity index (χ3v) is 4.32. The molecule has 4 rings (SSSR count). The minimum absolute atomic E-state index is 0.0675. The first-order chi connectivity index (χ1) is 13.0. The van der Waals surface area contributed by atoms with Gasteiger partial charge in [-0.2, -0.15) is 0 Å². The lowest BCUT2D eigenvalue weighted by Crippen LogP contribution is -2.06. The van der Waals surface area contributed by atoms with Crippen LogP contribution < -0.4 is 10.4 Å². The molecule has 2 N–H and O–H groups in total. The third-order valence-electron chi connectivity index (χ3n) is 4.32. The lowest BCUT2D eigenvalue weighted by molar-refractivity contribution is -0.136. The SMILES string of the molecule is COc1cc(-c2oc3c(c2CC(=O)O)c(=O)oc2ccccc23)ccc1O. The van der Waals surface area contributed by atoms with Crippen LogP contribution in [0.1, 0.15) is 5.56 Å². The second-order valence-electron chi connectivity index (χ2n) is 5.96. The summed E-state index contributed by atoms with van der Waals surface area (Å²) >= 11 is 0.